The Hall–Kier alpha value is -1.20. The van der Waals surface area contributed by atoms with E-state index in [9.17, 15) is 0 Å². The monoisotopic (exact) mass is 323 g/mol. The van der Waals surface area contributed by atoms with Gasteiger partial charge in [-0.1, -0.05) is 53.2 Å². The van der Waals surface area contributed by atoms with Gasteiger partial charge in [-0.25, -0.2) is 4.99 Å². The number of hydrogen-bond acceptors (Lipinski definition) is 4. The molecule has 1 aliphatic heterocycles. The third-order valence-corrected chi connectivity index (χ3v) is 4.61. The molecular weight excluding hydrogens is 313 g/mol. The van der Waals surface area contributed by atoms with Crippen molar-refractivity contribution in [3.63, 3.8) is 0 Å². The Labute approximate surface area is 131 Å². The quantitative estimate of drug-likeness (QED) is 0.814. The SMILES string of the molecule is NC1(/N=C/c2c(Cl)cccc2Cl)Nc2ccccc2S1. The van der Waals surface area contributed by atoms with Crippen LogP contribution in [0.25, 0.3) is 0 Å². The second kappa shape index (κ2) is 5.30. The van der Waals surface area contributed by atoms with Gasteiger partial charge in [0.2, 0.25) is 5.12 Å². The van der Waals surface area contributed by atoms with Crippen molar-refractivity contribution < 1.29 is 0 Å². The zero-order valence-electron chi connectivity index (χ0n) is 10.3. The average molecular weight is 324 g/mol. The molecule has 1 atom stereocenters. The molecule has 0 saturated heterocycles. The van der Waals surface area contributed by atoms with Gasteiger partial charge in [0.25, 0.3) is 0 Å². The summed E-state index contributed by atoms with van der Waals surface area (Å²) in [5.41, 5.74) is 7.87. The lowest BCUT2D eigenvalue weighted by atomic mass is 10.2. The summed E-state index contributed by atoms with van der Waals surface area (Å²) < 4.78 is 0. The second-order valence-electron chi connectivity index (χ2n) is 4.31. The number of nitrogens with one attached hydrogen (secondary N) is 1. The molecule has 0 saturated carbocycles. The van der Waals surface area contributed by atoms with Gasteiger partial charge in [-0.2, -0.15) is 0 Å². The molecule has 20 heavy (non-hydrogen) atoms. The van der Waals surface area contributed by atoms with E-state index in [1.54, 1.807) is 24.4 Å². The minimum absolute atomic E-state index is 0.547. The highest BCUT2D eigenvalue weighted by Gasteiger charge is 2.32. The number of nitrogens with two attached hydrogens (primary N) is 1. The van der Waals surface area contributed by atoms with Gasteiger partial charge in [-0.05, 0) is 24.3 Å². The minimum Gasteiger partial charge on any atom is -0.339 e. The molecule has 0 aliphatic carbocycles. The predicted octanol–water partition coefficient (Wildman–Crippen LogP) is 4.20. The molecule has 0 aromatic heterocycles. The number of aliphatic imine (C=N–C) groups is 1. The van der Waals surface area contributed by atoms with Crippen molar-refractivity contribution in [2.45, 2.75) is 10.0 Å². The standard InChI is InChI=1S/C14H11Cl2N3S/c15-10-4-3-5-11(16)9(10)8-18-14(17)19-12-6-1-2-7-13(12)20-14/h1-8,19H,17H2/b18-8+. The number of rotatable bonds is 2. The smallest absolute Gasteiger partial charge is 0.237 e. The van der Waals surface area contributed by atoms with Crippen LogP contribution in [-0.2, 0) is 0 Å². The van der Waals surface area contributed by atoms with Crippen LogP contribution in [0.2, 0.25) is 10.0 Å². The molecule has 102 valence electrons. The van der Waals surface area contributed by atoms with Gasteiger partial charge in [0.15, 0.2) is 0 Å². The Morgan fingerprint density at radius 1 is 1.10 bits per heavy atom. The number of thioether (sulfide) groups is 1. The normalized spacial score (nSPS) is 20.9. The molecule has 1 aliphatic rings. The second-order valence-corrected chi connectivity index (χ2v) is 6.39. The van der Waals surface area contributed by atoms with Crippen LogP contribution < -0.4 is 11.1 Å². The van der Waals surface area contributed by atoms with Crippen molar-refractivity contribution in [3.05, 3.63) is 58.1 Å². The highest BCUT2D eigenvalue weighted by atomic mass is 35.5. The number of halogens is 2. The summed E-state index contributed by atoms with van der Waals surface area (Å²) in [6.07, 6.45) is 1.61. The summed E-state index contributed by atoms with van der Waals surface area (Å²) in [6, 6.07) is 13.2. The summed E-state index contributed by atoms with van der Waals surface area (Å²) >= 11 is 13.7. The Balaban J connectivity index is 1.87. The third kappa shape index (κ3) is 2.65. The van der Waals surface area contributed by atoms with Gasteiger partial charge in [0.05, 0.1) is 15.7 Å². The molecule has 0 amide bonds. The van der Waals surface area contributed by atoms with Gasteiger partial charge < -0.3 is 5.32 Å². The van der Waals surface area contributed by atoms with Gasteiger partial charge in [-0.15, -0.1) is 0 Å². The summed E-state index contributed by atoms with van der Waals surface area (Å²) in [5.74, 6) is 0. The fourth-order valence-electron chi connectivity index (χ4n) is 1.90. The summed E-state index contributed by atoms with van der Waals surface area (Å²) in [6.45, 7) is 0. The van der Waals surface area contributed by atoms with Crippen LogP contribution in [0, 0.1) is 0 Å². The van der Waals surface area contributed by atoms with Crippen LogP contribution in [0.15, 0.2) is 52.4 Å². The molecule has 2 aromatic rings. The van der Waals surface area contributed by atoms with E-state index in [2.05, 4.69) is 10.3 Å². The topological polar surface area (TPSA) is 50.4 Å². The maximum atomic E-state index is 6.23. The van der Waals surface area contributed by atoms with E-state index in [-0.39, 0.29) is 0 Å². The molecule has 1 unspecified atom stereocenters. The number of anilines is 1. The highest BCUT2D eigenvalue weighted by molar-refractivity contribution is 8.01. The maximum Gasteiger partial charge on any atom is 0.237 e. The first kappa shape index (κ1) is 13.8. The van der Waals surface area contributed by atoms with E-state index in [0.717, 1.165) is 10.6 Å². The van der Waals surface area contributed by atoms with Crippen LogP contribution in [0.1, 0.15) is 5.56 Å². The molecule has 3 N–H and O–H groups in total. The first-order chi connectivity index (χ1) is 9.57. The first-order valence-electron chi connectivity index (χ1n) is 5.92. The molecule has 0 fully saturated rings. The number of fused-ring (bicyclic) bond motifs is 1. The van der Waals surface area contributed by atoms with E-state index in [1.165, 1.54) is 11.8 Å². The number of hydrogen-bond donors (Lipinski definition) is 2. The molecule has 6 heteroatoms. The molecule has 2 aromatic carbocycles. The zero-order valence-corrected chi connectivity index (χ0v) is 12.6. The lowest BCUT2D eigenvalue weighted by Gasteiger charge is -2.18. The Kier molecular flexibility index (Phi) is 3.65. The average Bonchev–Trinajstić information content (AvgIpc) is 2.74. The highest BCUT2D eigenvalue weighted by Crippen LogP contribution is 2.43. The van der Waals surface area contributed by atoms with E-state index in [4.69, 9.17) is 28.9 Å². The van der Waals surface area contributed by atoms with Gasteiger partial charge in [0, 0.05) is 16.7 Å². The molecule has 0 radical (unpaired) electrons. The van der Waals surface area contributed by atoms with Crippen molar-refractivity contribution in [1.29, 1.82) is 0 Å². The van der Waals surface area contributed by atoms with Crippen molar-refractivity contribution in [2.75, 3.05) is 5.32 Å². The Morgan fingerprint density at radius 2 is 1.80 bits per heavy atom. The van der Waals surface area contributed by atoms with E-state index >= 15 is 0 Å². The van der Waals surface area contributed by atoms with Crippen LogP contribution >= 0.6 is 35.0 Å². The first-order valence-corrected chi connectivity index (χ1v) is 7.49. The number of benzene rings is 2. The summed E-state index contributed by atoms with van der Waals surface area (Å²) in [5, 5.41) is 3.33. The van der Waals surface area contributed by atoms with Gasteiger partial charge in [0.1, 0.15) is 0 Å². The van der Waals surface area contributed by atoms with Gasteiger partial charge in [-0.3, -0.25) is 5.73 Å². The molecule has 0 bridgehead atoms. The zero-order chi connectivity index (χ0) is 14.2. The lowest BCUT2D eigenvalue weighted by Crippen LogP contribution is -2.39. The molecule has 0 spiro atoms. The number of nitrogens with zero attached hydrogens (tertiary/aromatic N) is 1. The molecule has 1 heterocycles. The summed E-state index contributed by atoms with van der Waals surface area (Å²) in [4.78, 5) is 5.46. The molecule has 3 rings (SSSR count). The van der Waals surface area contributed by atoms with Crippen LogP contribution in [0.5, 0.6) is 0 Å². The largest absolute Gasteiger partial charge is 0.339 e. The van der Waals surface area contributed by atoms with E-state index in [1.807, 2.05) is 24.3 Å². The van der Waals surface area contributed by atoms with Crippen molar-refractivity contribution >= 4 is 46.9 Å². The minimum atomic E-state index is -0.938. The Bertz CT molecular complexity index is 643. The van der Waals surface area contributed by atoms with E-state index < -0.39 is 5.12 Å². The number of para-hydroxylation sites is 1. The van der Waals surface area contributed by atoms with Crippen molar-refractivity contribution in [1.82, 2.24) is 0 Å². The van der Waals surface area contributed by atoms with Crippen LogP contribution in [-0.4, -0.2) is 11.3 Å². The van der Waals surface area contributed by atoms with Crippen LogP contribution in [0.3, 0.4) is 0 Å². The maximum absolute atomic E-state index is 6.23. The lowest BCUT2D eigenvalue weighted by molar-refractivity contribution is 0.754. The van der Waals surface area contributed by atoms with Crippen molar-refractivity contribution in [3.8, 4) is 0 Å². The molecule has 3 nitrogen and oxygen atoms in total. The van der Waals surface area contributed by atoms with Gasteiger partial charge >= 0.3 is 0 Å². The molecular formula is C14H11Cl2N3S. The van der Waals surface area contributed by atoms with Crippen molar-refractivity contribution in [2.24, 2.45) is 10.7 Å². The fourth-order valence-corrected chi connectivity index (χ4v) is 3.37. The van der Waals surface area contributed by atoms with Crippen LogP contribution in [0.4, 0.5) is 5.69 Å². The van der Waals surface area contributed by atoms with E-state index in [0.29, 0.717) is 15.6 Å². The summed E-state index contributed by atoms with van der Waals surface area (Å²) in [7, 11) is 0. The Morgan fingerprint density at radius 3 is 2.50 bits per heavy atom. The third-order valence-electron chi connectivity index (χ3n) is 2.85. The fraction of sp³-hybridized carbons (Fsp3) is 0.0714. The predicted molar refractivity (Wildman–Crippen MR) is 86.9 cm³/mol.